The molecule has 0 aromatic carbocycles. The van der Waals surface area contributed by atoms with Crippen molar-refractivity contribution in [2.24, 2.45) is 5.92 Å². The highest BCUT2D eigenvalue weighted by Gasteiger charge is 2.30. The Balaban J connectivity index is 2.01. The van der Waals surface area contributed by atoms with Gasteiger partial charge < -0.3 is 9.64 Å². The fourth-order valence-electron chi connectivity index (χ4n) is 2.23. The molecule has 1 saturated heterocycles. The summed E-state index contributed by atoms with van der Waals surface area (Å²) in [6.45, 7) is 5.21. The molecule has 0 N–H and O–H groups in total. The summed E-state index contributed by atoms with van der Waals surface area (Å²) in [5.74, 6) is -0.410. The van der Waals surface area contributed by atoms with Crippen LogP contribution in [0.2, 0.25) is 0 Å². The zero-order chi connectivity index (χ0) is 13.8. The van der Waals surface area contributed by atoms with Gasteiger partial charge in [-0.1, -0.05) is 0 Å². The number of nitrogens with zero attached hydrogens (tertiary/aromatic N) is 2. The van der Waals surface area contributed by atoms with Gasteiger partial charge in [0.15, 0.2) is 0 Å². The highest BCUT2D eigenvalue weighted by atomic mass is 32.1. The minimum atomic E-state index is -0.194. The van der Waals surface area contributed by atoms with Crippen LogP contribution in [0.4, 0.5) is 0 Å². The lowest BCUT2D eigenvalue weighted by Gasteiger charge is -2.31. The number of carbonyl (C=O) groups excluding carboxylic acids is 2. The zero-order valence-electron chi connectivity index (χ0n) is 11.2. The number of carbonyl (C=O) groups is 2. The molecule has 0 radical (unpaired) electrons. The summed E-state index contributed by atoms with van der Waals surface area (Å²) in [5.41, 5.74) is 0. The second kappa shape index (κ2) is 6.14. The molecule has 19 heavy (non-hydrogen) atoms. The number of aromatic nitrogens is 1. The van der Waals surface area contributed by atoms with Gasteiger partial charge in [-0.25, -0.2) is 4.98 Å². The quantitative estimate of drug-likeness (QED) is 0.794. The minimum absolute atomic E-state index is 0.0281. The van der Waals surface area contributed by atoms with Crippen LogP contribution >= 0.6 is 11.3 Å². The molecular weight excluding hydrogens is 264 g/mol. The van der Waals surface area contributed by atoms with Crippen LogP contribution in [0.15, 0.2) is 6.20 Å². The van der Waals surface area contributed by atoms with Crippen molar-refractivity contribution in [2.45, 2.75) is 26.7 Å². The Hall–Kier alpha value is -1.43. The number of aryl methyl sites for hydroxylation is 1. The van der Waals surface area contributed by atoms with Gasteiger partial charge in [-0.2, -0.15) is 0 Å². The third-order valence-corrected chi connectivity index (χ3v) is 4.06. The summed E-state index contributed by atoms with van der Waals surface area (Å²) in [6, 6.07) is 0. The summed E-state index contributed by atoms with van der Waals surface area (Å²) in [5, 5.41) is 0.877. The molecule has 0 saturated carbocycles. The van der Waals surface area contributed by atoms with Crippen molar-refractivity contribution in [3.8, 4) is 0 Å². The van der Waals surface area contributed by atoms with Crippen LogP contribution in [0.5, 0.6) is 0 Å². The zero-order valence-corrected chi connectivity index (χ0v) is 12.0. The molecule has 6 heteroatoms. The number of likely N-dealkylation sites (tertiary alicyclic amines) is 1. The average Bonchev–Trinajstić information content (AvgIpc) is 2.85. The van der Waals surface area contributed by atoms with E-state index in [9.17, 15) is 9.59 Å². The molecule has 2 heterocycles. The van der Waals surface area contributed by atoms with Gasteiger partial charge in [0.1, 0.15) is 4.88 Å². The molecule has 1 aromatic rings. The third kappa shape index (κ3) is 3.32. The Kier molecular flexibility index (Phi) is 4.52. The first-order valence-electron chi connectivity index (χ1n) is 6.50. The van der Waals surface area contributed by atoms with Crippen molar-refractivity contribution in [1.82, 2.24) is 9.88 Å². The van der Waals surface area contributed by atoms with E-state index in [1.807, 2.05) is 6.92 Å². The van der Waals surface area contributed by atoms with Gasteiger partial charge in [0.05, 0.1) is 23.7 Å². The molecule has 104 valence electrons. The molecule has 0 spiro atoms. The van der Waals surface area contributed by atoms with Crippen LogP contribution in [0, 0.1) is 12.8 Å². The van der Waals surface area contributed by atoms with Crippen molar-refractivity contribution in [2.75, 3.05) is 19.7 Å². The smallest absolute Gasteiger partial charge is 0.310 e. The Bertz CT molecular complexity index is 472. The van der Waals surface area contributed by atoms with Crippen molar-refractivity contribution in [3.05, 3.63) is 16.1 Å². The summed E-state index contributed by atoms with van der Waals surface area (Å²) >= 11 is 1.39. The molecule has 1 fully saturated rings. The second-order valence-electron chi connectivity index (χ2n) is 4.59. The van der Waals surface area contributed by atoms with E-state index in [2.05, 4.69) is 4.98 Å². The molecule has 0 unspecified atom stereocenters. The third-order valence-electron chi connectivity index (χ3n) is 3.16. The standard InChI is InChI=1S/C13H18N2O3S/c1-3-18-13(17)10-5-4-6-15(8-10)12(16)11-7-14-9(2)19-11/h7,10H,3-6,8H2,1-2H3/t10-/m1/s1. The van der Waals surface area contributed by atoms with Crippen LogP contribution in [-0.2, 0) is 9.53 Å². The Labute approximate surface area is 116 Å². The molecule has 1 aliphatic rings. The monoisotopic (exact) mass is 282 g/mol. The van der Waals surface area contributed by atoms with Crippen LogP contribution < -0.4 is 0 Å². The van der Waals surface area contributed by atoms with Gasteiger partial charge in [-0.05, 0) is 26.7 Å². The number of hydrogen-bond donors (Lipinski definition) is 0. The number of amides is 1. The fourth-order valence-corrected chi connectivity index (χ4v) is 2.98. The lowest BCUT2D eigenvalue weighted by Crippen LogP contribution is -2.42. The fraction of sp³-hybridized carbons (Fsp3) is 0.615. The number of ether oxygens (including phenoxy) is 1. The molecule has 1 atom stereocenters. The lowest BCUT2D eigenvalue weighted by molar-refractivity contribution is -0.149. The van der Waals surface area contributed by atoms with Crippen LogP contribution in [0.3, 0.4) is 0 Å². The first-order chi connectivity index (χ1) is 9.11. The molecule has 1 aliphatic heterocycles. The van der Waals surface area contributed by atoms with Crippen molar-refractivity contribution < 1.29 is 14.3 Å². The second-order valence-corrected chi connectivity index (χ2v) is 5.82. The van der Waals surface area contributed by atoms with E-state index in [4.69, 9.17) is 4.74 Å². The molecule has 2 rings (SSSR count). The first kappa shape index (κ1) is 14.0. The van der Waals surface area contributed by atoms with Gasteiger partial charge in [0.25, 0.3) is 5.91 Å². The number of rotatable bonds is 3. The molecule has 0 bridgehead atoms. The van der Waals surface area contributed by atoms with Gasteiger partial charge in [0, 0.05) is 13.1 Å². The van der Waals surface area contributed by atoms with E-state index in [-0.39, 0.29) is 17.8 Å². The first-order valence-corrected chi connectivity index (χ1v) is 7.31. The van der Waals surface area contributed by atoms with E-state index in [0.717, 1.165) is 17.8 Å². The summed E-state index contributed by atoms with van der Waals surface area (Å²) in [4.78, 5) is 30.5. The predicted octanol–water partition coefficient (Wildman–Crippen LogP) is 1.87. The van der Waals surface area contributed by atoms with E-state index < -0.39 is 0 Å². The maximum atomic E-state index is 12.3. The minimum Gasteiger partial charge on any atom is -0.466 e. The predicted molar refractivity (Wildman–Crippen MR) is 72.1 cm³/mol. The number of hydrogen-bond acceptors (Lipinski definition) is 5. The van der Waals surface area contributed by atoms with Gasteiger partial charge in [0.2, 0.25) is 0 Å². The Morgan fingerprint density at radius 1 is 1.58 bits per heavy atom. The molecule has 5 nitrogen and oxygen atoms in total. The van der Waals surface area contributed by atoms with Crippen LogP contribution in [0.25, 0.3) is 0 Å². The normalized spacial score (nSPS) is 19.3. The molecule has 1 aromatic heterocycles. The summed E-state index contributed by atoms with van der Waals surface area (Å²) in [6.07, 6.45) is 3.24. The topological polar surface area (TPSA) is 59.5 Å². The van der Waals surface area contributed by atoms with E-state index in [1.165, 1.54) is 11.3 Å². The van der Waals surface area contributed by atoms with Gasteiger partial charge in [-0.3, -0.25) is 9.59 Å². The van der Waals surface area contributed by atoms with E-state index >= 15 is 0 Å². The molecule has 0 aliphatic carbocycles. The summed E-state index contributed by atoms with van der Waals surface area (Å²) in [7, 11) is 0. The number of thiazole rings is 1. The van der Waals surface area contributed by atoms with Crippen molar-refractivity contribution >= 4 is 23.2 Å². The molecule has 1 amide bonds. The number of esters is 1. The Morgan fingerprint density at radius 3 is 3.00 bits per heavy atom. The SMILES string of the molecule is CCOC(=O)[C@@H]1CCCN(C(=O)c2cnc(C)s2)C1. The lowest BCUT2D eigenvalue weighted by atomic mass is 9.98. The summed E-state index contributed by atoms with van der Waals surface area (Å²) < 4.78 is 5.03. The van der Waals surface area contributed by atoms with Crippen molar-refractivity contribution in [1.29, 1.82) is 0 Å². The highest BCUT2D eigenvalue weighted by molar-refractivity contribution is 7.13. The van der Waals surface area contributed by atoms with Crippen molar-refractivity contribution in [3.63, 3.8) is 0 Å². The maximum Gasteiger partial charge on any atom is 0.310 e. The Morgan fingerprint density at radius 2 is 2.37 bits per heavy atom. The van der Waals surface area contributed by atoms with Gasteiger partial charge >= 0.3 is 5.97 Å². The van der Waals surface area contributed by atoms with Crippen LogP contribution in [0.1, 0.15) is 34.4 Å². The van der Waals surface area contributed by atoms with E-state index in [1.54, 1.807) is 18.0 Å². The van der Waals surface area contributed by atoms with Gasteiger partial charge in [-0.15, -0.1) is 11.3 Å². The van der Waals surface area contributed by atoms with E-state index in [0.29, 0.717) is 24.6 Å². The maximum absolute atomic E-state index is 12.3. The highest BCUT2D eigenvalue weighted by Crippen LogP contribution is 2.21. The number of piperidine rings is 1. The molecular formula is C13H18N2O3S. The van der Waals surface area contributed by atoms with Crippen LogP contribution in [-0.4, -0.2) is 41.5 Å². The average molecular weight is 282 g/mol. The largest absolute Gasteiger partial charge is 0.466 e.